The van der Waals surface area contributed by atoms with E-state index in [2.05, 4.69) is 79.4 Å². The number of benzene rings is 2. The number of carbonyl (C=O) groups excluding carboxylic acids is 1. The van der Waals surface area contributed by atoms with E-state index in [-0.39, 0.29) is 42.5 Å². The van der Waals surface area contributed by atoms with Crippen molar-refractivity contribution in [2.75, 3.05) is 13.2 Å². The molecule has 6 rings (SSSR count). The third-order valence-electron chi connectivity index (χ3n) is 13.6. The fraction of sp³-hybridized carbons (Fsp3) is 0.720. The number of carbonyl (C=O) groups is 2. The van der Waals surface area contributed by atoms with Gasteiger partial charge in [0.25, 0.3) is 0 Å². The van der Waals surface area contributed by atoms with Crippen LogP contribution in [-0.4, -0.2) is 99.3 Å². The molecule has 2 amide bonds. The van der Waals surface area contributed by atoms with Gasteiger partial charge in [0, 0.05) is 62.6 Å². The Morgan fingerprint density at radius 2 is 1.05 bits per heavy atom. The summed E-state index contributed by atoms with van der Waals surface area (Å²) in [7, 11) is 0. The smallest absolute Gasteiger partial charge is 0.410 e. The zero-order chi connectivity index (χ0) is 43.2. The summed E-state index contributed by atoms with van der Waals surface area (Å²) < 4.78 is 18.0. The number of ether oxygens (including phenoxy) is 3. The largest absolute Gasteiger partial charge is 0.465 e. The SMILES string of the molecule is C[C@@H]1CC(OCCC2CCC(N(Cc3ccccc3)Cc3ccccc3)CC2)C[C@H](C)N1C(=O)O.C[C@@H]1CC(OCCC2CCC(N)CC2)C[C@H](C)N1C(=O)OC(C)(C)C. The third kappa shape index (κ3) is 15.3. The Balaban J connectivity index is 0.000000241. The molecule has 2 unspecified atom stereocenters. The number of likely N-dealkylation sites (tertiary alicyclic amines) is 2. The van der Waals surface area contributed by atoms with E-state index in [1.54, 1.807) is 4.90 Å². The first-order chi connectivity index (χ1) is 28.6. The van der Waals surface area contributed by atoms with E-state index >= 15 is 0 Å². The standard InChI is InChI=1S/C30H42N2O3.C20H38N2O3/c1-23-19-29(20-24(2)32(23)30(33)34)35-18-17-25-13-15-28(16-14-25)31(21-26-9-5-3-6-10-26)22-27-11-7-4-8-12-27;1-14-12-18(24-11-10-16-6-8-17(21)9-7-16)13-15(2)22(14)19(23)25-20(3,4)5/h3-12,23-25,28-29H,13-22H2,1-2H3,(H,33,34);14-18H,6-13,21H2,1-5H3/t23-,24+,25?,28?,29?;14-,15+,16?,17?,18?. The van der Waals surface area contributed by atoms with Gasteiger partial charge in [0.05, 0.1) is 12.2 Å². The van der Waals surface area contributed by atoms with Crippen molar-refractivity contribution in [2.45, 2.75) is 206 Å². The molecule has 0 spiro atoms. The summed E-state index contributed by atoms with van der Waals surface area (Å²) in [5.74, 6) is 1.51. The van der Waals surface area contributed by atoms with Crippen LogP contribution in [0.25, 0.3) is 0 Å². The summed E-state index contributed by atoms with van der Waals surface area (Å²) in [4.78, 5) is 30.0. The summed E-state index contributed by atoms with van der Waals surface area (Å²) >= 11 is 0. The number of hydrogen-bond donors (Lipinski definition) is 2. The van der Waals surface area contributed by atoms with E-state index in [1.165, 1.54) is 49.7 Å². The second-order valence-electron chi connectivity index (χ2n) is 19.8. The van der Waals surface area contributed by atoms with E-state index in [1.807, 2.05) is 39.5 Å². The number of nitrogens with zero attached hydrogens (tertiary/aromatic N) is 3. The molecule has 3 N–H and O–H groups in total. The van der Waals surface area contributed by atoms with Crippen LogP contribution in [0.15, 0.2) is 60.7 Å². The van der Waals surface area contributed by atoms with Crippen molar-refractivity contribution >= 4 is 12.2 Å². The van der Waals surface area contributed by atoms with Gasteiger partial charge < -0.3 is 34.9 Å². The van der Waals surface area contributed by atoms with Crippen LogP contribution in [-0.2, 0) is 27.3 Å². The predicted octanol–water partition coefficient (Wildman–Crippen LogP) is 10.7. The zero-order valence-electron chi connectivity index (χ0n) is 38.2. The van der Waals surface area contributed by atoms with Crippen LogP contribution in [0.5, 0.6) is 0 Å². The summed E-state index contributed by atoms with van der Waals surface area (Å²) in [6.45, 7) is 17.5. The molecule has 0 aromatic heterocycles. The Morgan fingerprint density at radius 3 is 1.45 bits per heavy atom. The average Bonchev–Trinajstić information content (AvgIpc) is 3.18. The molecule has 0 radical (unpaired) electrons. The molecular formula is C50H80N4O6. The van der Waals surface area contributed by atoms with Gasteiger partial charge in [-0.05, 0) is 161 Å². The highest BCUT2D eigenvalue weighted by molar-refractivity contribution is 5.69. The molecule has 4 aliphatic rings. The lowest BCUT2D eigenvalue weighted by atomic mass is 9.83. The molecule has 2 saturated heterocycles. The third-order valence-corrected chi connectivity index (χ3v) is 13.6. The van der Waals surface area contributed by atoms with E-state index in [9.17, 15) is 14.7 Å². The normalized spacial score (nSPS) is 30.0. The van der Waals surface area contributed by atoms with Crippen LogP contribution in [0.1, 0.15) is 149 Å². The maximum atomic E-state index is 12.4. The van der Waals surface area contributed by atoms with Gasteiger partial charge in [-0.1, -0.05) is 60.7 Å². The number of carboxylic acid groups (broad SMARTS) is 1. The minimum Gasteiger partial charge on any atom is -0.465 e. The quantitative estimate of drug-likeness (QED) is 0.205. The van der Waals surface area contributed by atoms with Crippen molar-refractivity contribution in [3.05, 3.63) is 71.8 Å². The molecule has 60 heavy (non-hydrogen) atoms. The molecule has 2 aliphatic heterocycles. The van der Waals surface area contributed by atoms with Crippen molar-refractivity contribution in [3.63, 3.8) is 0 Å². The minimum atomic E-state index is -0.811. The molecular weight excluding hydrogens is 753 g/mol. The maximum absolute atomic E-state index is 12.4. The Kier molecular flexibility index (Phi) is 18.6. The van der Waals surface area contributed by atoms with Crippen molar-refractivity contribution in [1.82, 2.24) is 14.7 Å². The predicted molar refractivity (Wildman–Crippen MR) is 241 cm³/mol. The molecule has 0 bridgehead atoms. The van der Waals surface area contributed by atoms with Crippen LogP contribution in [0, 0.1) is 11.8 Å². The molecule has 336 valence electrons. The topological polar surface area (TPSA) is 118 Å². The monoisotopic (exact) mass is 833 g/mol. The molecule has 10 nitrogen and oxygen atoms in total. The highest BCUT2D eigenvalue weighted by Crippen LogP contribution is 2.33. The highest BCUT2D eigenvalue weighted by atomic mass is 16.6. The molecule has 6 atom stereocenters. The van der Waals surface area contributed by atoms with E-state index in [4.69, 9.17) is 19.9 Å². The maximum Gasteiger partial charge on any atom is 0.410 e. The van der Waals surface area contributed by atoms with E-state index in [0.717, 1.165) is 89.5 Å². The summed E-state index contributed by atoms with van der Waals surface area (Å²) in [6, 6.07) is 23.1. The van der Waals surface area contributed by atoms with Gasteiger partial charge in [-0.3, -0.25) is 4.90 Å². The summed E-state index contributed by atoms with van der Waals surface area (Å²) in [6.07, 6.45) is 14.9. The van der Waals surface area contributed by atoms with Crippen molar-refractivity contribution in [3.8, 4) is 0 Å². The molecule has 2 saturated carbocycles. The minimum absolute atomic E-state index is 0.0249. The van der Waals surface area contributed by atoms with Gasteiger partial charge in [-0.25, -0.2) is 9.59 Å². The number of hydrogen-bond acceptors (Lipinski definition) is 7. The second-order valence-corrected chi connectivity index (χ2v) is 19.8. The summed E-state index contributed by atoms with van der Waals surface area (Å²) in [5.41, 5.74) is 8.29. The first kappa shape index (κ1) is 47.9. The zero-order valence-corrected chi connectivity index (χ0v) is 38.2. The van der Waals surface area contributed by atoms with Gasteiger partial charge in [-0.2, -0.15) is 0 Å². The number of nitrogens with two attached hydrogens (primary N) is 1. The molecule has 2 aromatic rings. The Morgan fingerprint density at radius 1 is 0.650 bits per heavy atom. The molecule has 10 heteroatoms. The van der Waals surface area contributed by atoms with Gasteiger partial charge in [0.1, 0.15) is 5.60 Å². The van der Waals surface area contributed by atoms with E-state index in [0.29, 0.717) is 12.1 Å². The Labute approximate surface area is 362 Å². The average molecular weight is 833 g/mol. The van der Waals surface area contributed by atoms with Gasteiger partial charge in [0.2, 0.25) is 0 Å². The van der Waals surface area contributed by atoms with Crippen molar-refractivity contribution in [1.29, 1.82) is 0 Å². The second kappa shape index (κ2) is 23.3. The Hall–Kier alpha value is -3.18. The number of amides is 2. The highest BCUT2D eigenvalue weighted by Gasteiger charge is 2.37. The molecule has 2 heterocycles. The van der Waals surface area contributed by atoms with Crippen LogP contribution >= 0.6 is 0 Å². The van der Waals surface area contributed by atoms with Gasteiger partial charge in [-0.15, -0.1) is 0 Å². The summed E-state index contributed by atoms with van der Waals surface area (Å²) in [5, 5.41) is 9.42. The number of piperidine rings is 2. The molecule has 2 aromatic carbocycles. The van der Waals surface area contributed by atoms with Crippen LogP contribution in [0.4, 0.5) is 9.59 Å². The van der Waals surface area contributed by atoms with Crippen molar-refractivity contribution < 1.29 is 28.9 Å². The fourth-order valence-electron chi connectivity index (χ4n) is 10.4. The first-order valence-corrected chi connectivity index (χ1v) is 23.5. The lowest BCUT2D eigenvalue weighted by Crippen LogP contribution is -2.53. The van der Waals surface area contributed by atoms with Gasteiger partial charge in [0.15, 0.2) is 0 Å². The first-order valence-electron chi connectivity index (χ1n) is 23.5. The van der Waals surface area contributed by atoms with Crippen LogP contribution in [0.3, 0.4) is 0 Å². The van der Waals surface area contributed by atoms with E-state index < -0.39 is 11.7 Å². The molecule has 4 fully saturated rings. The lowest BCUT2D eigenvalue weighted by molar-refractivity contribution is -0.0483. The molecule has 2 aliphatic carbocycles. The van der Waals surface area contributed by atoms with Crippen LogP contribution in [0.2, 0.25) is 0 Å². The lowest BCUT2D eigenvalue weighted by Gasteiger charge is -2.42. The van der Waals surface area contributed by atoms with Crippen LogP contribution < -0.4 is 5.73 Å². The Bertz CT molecular complexity index is 1480. The number of rotatable bonds is 13. The van der Waals surface area contributed by atoms with Crippen molar-refractivity contribution in [2.24, 2.45) is 17.6 Å². The fourth-order valence-corrected chi connectivity index (χ4v) is 10.4. The van der Waals surface area contributed by atoms with Gasteiger partial charge >= 0.3 is 12.2 Å².